The molecule has 134 valence electrons. The molecule has 1 aromatic carbocycles. The molecule has 1 fully saturated rings. The number of hydrogen-bond donors (Lipinski definition) is 1. The minimum atomic E-state index is -3.42. The van der Waals surface area contributed by atoms with Crippen LogP contribution in [0.4, 0.5) is 0 Å². The lowest BCUT2D eigenvalue weighted by Gasteiger charge is -2.32. The second kappa shape index (κ2) is 8.46. The number of carbonyl (C=O) groups excluding carboxylic acids is 1. The van der Waals surface area contributed by atoms with Crippen LogP contribution in [0.5, 0.6) is 5.75 Å². The maximum absolute atomic E-state index is 12.2. The second-order valence-corrected chi connectivity index (χ2v) is 7.89. The normalized spacial score (nSPS) is 16.4. The molecule has 1 amide bonds. The van der Waals surface area contributed by atoms with Crippen molar-refractivity contribution in [1.82, 2.24) is 13.9 Å². The third-order valence-electron chi connectivity index (χ3n) is 3.97. The average Bonchev–Trinajstić information content (AvgIpc) is 2.56. The van der Waals surface area contributed by atoms with Gasteiger partial charge >= 0.3 is 0 Å². The zero-order valence-corrected chi connectivity index (χ0v) is 15.0. The summed E-state index contributed by atoms with van der Waals surface area (Å²) in [4.78, 5) is 14.0. The average molecular weight is 355 g/mol. The summed E-state index contributed by atoms with van der Waals surface area (Å²) in [5.74, 6) is 0.793. The Morgan fingerprint density at radius 2 is 1.88 bits per heavy atom. The highest BCUT2D eigenvalue weighted by atomic mass is 32.2. The molecule has 0 aliphatic carbocycles. The van der Waals surface area contributed by atoms with Crippen molar-refractivity contribution >= 4 is 16.1 Å². The highest BCUT2D eigenvalue weighted by Crippen LogP contribution is 2.14. The second-order valence-electron chi connectivity index (χ2n) is 5.97. The number of rotatable bonds is 7. The first-order valence-corrected chi connectivity index (χ1v) is 9.48. The van der Waals surface area contributed by atoms with Crippen molar-refractivity contribution in [3.05, 3.63) is 30.3 Å². The molecule has 8 heteroatoms. The summed E-state index contributed by atoms with van der Waals surface area (Å²) in [7, 11) is -0.433. The van der Waals surface area contributed by atoms with E-state index in [4.69, 9.17) is 4.74 Å². The Hall–Kier alpha value is -1.64. The van der Waals surface area contributed by atoms with Crippen molar-refractivity contribution in [1.29, 1.82) is 0 Å². The van der Waals surface area contributed by atoms with Gasteiger partial charge in [-0.15, -0.1) is 0 Å². The zero-order chi connectivity index (χ0) is 17.6. The van der Waals surface area contributed by atoms with Crippen molar-refractivity contribution < 1.29 is 17.9 Å². The molecule has 0 radical (unpaired) electrons. The van der Waals surface area contributed by atoms with E-state index in [0.29, 0.717) is 39.0 Å². The van der Waals surface area contributed by atoms with E-state index in [1.807, 2.05) is 30.3 Å². The van der Waals surface area contributed by atoms with E-state index in [0.717, 1.165) is 10.1 Å². The lowest BCUT2D eigenvalue weighted by molar-refractivity contribution is -0.132. The number of para-hydroxylation sites is 1. The van der Waals surface area contributed by atoms with E-state index in [1.54, 1.807) is 4.90 Å². The number of nitrogens with one attached hydrogen (secondary N) is 1. The molecule has 1 aliphatic heterocycles. The molecule has 0 bridgehead atoms. The molecule has 0 aromatic heterocycles. The Balaban J connectivity index is 1.71. The first kappa shape index (κ1) is 18.7. The monoisotopic (exact) mass is 355 g/mol. The van der Waals surface area contributed by atoms with Crippen molar-refractivity contribution in [2.24, 2.45) is 0 Å². The Labute approximate surface area is 143 Å². The van der Waals surface area contributed by atoms with Crippen molar-refractivity contribution in [2.45, 2.75) is 25.3 Å². The first-order valence-electron chi connectivity index (χ1n) is 8.04. The van der Waals surface area contributed by atoms with Gasteiger partial charge in [0.1, 0.15) is 5.75 Å². The third kappa shape index (κ3) is 5.47. The van der Waals surface area contributed by atoms with Gasteiger partial charge in [0.05, 0.1) is 13.0 Å². The van der Waals surface area contributed by atoms with Gasteiger partial charge in [-0.3, -0.25) is 4.79 Å². The van der Waals surface area contributed by atoms with Gasteiger partial charge in [0, 0.05) is 33.2 Å². The van der Waals surface area contributed by atoms with Crippen molar-refractivity contribution in [2.75, 3.05) is 33.8 Å². The number of benzene rings is 1. The maximum Gasteiger partial charge on any atom is 0.279 e. The van der Waals surface area contributed by atoms with E-state index in [-0.39, 0.29) is 11.9 Å². The van der Waals surface area contributed by atoms with Gasteiger partial charge in [-0.2, -0.15) is 17.4 Å². The van der Waals surface area contributed by atoms with Gasteiger partial charge < -0.3 is 9.64 Å². The highest BCUT2D eigenvalue weighted by molar-refractivity contribution is 7.87. The van der Waals surface area contributed by atoms with Crippen LogP contribution >= 0.6 is 0 Å². The smallest absolute Gasteiger partial charge is 0.279 e. The van der Waals surface area contributed by atoms with E-state index in [1.165, 1.54) is 14.1 Å². The molecule has 1 heterocycles. The van der Waals surface area contributed by atoms with Crippen molar-refractivity contribution in [3.8, 4) is 5.75 Å². The lowest BCUT2D eigenvalue weighted by atomic mass is 10.1. The number of piperidine rings is 1. The third-order valence-corrected chi connectivity index (χ3v) is 5.56. The number of carbonyl (C=O) groups is 1. The van der Waals surface area contributed by atoms with Crippen LogP contribution in [0.3, 0.4) is 0 Å². The quantitative estimate of drug-likeness (QED) is 0.786. The van der Waals surface area contributed by atoms with E-state index < -0.39 is 10.2 Å². The molecule has 0 saturated carbocycles. The standard InChI is InChI=1S/C16H25N3O4S/c1-18(2)24(21,22)17-14-8-11-19(12-9-14)16(20)10-13-23-15-6-4-3-5-7-15/h3-7,14,17H,8-13H2,1-2H3. The molecule has 7 nitrogen and oxygen atoms in total. The summed E-state index contributed by atoms with van der Waals surface area (Å²) in [6, 6.07) is 9.27. The minimum Gasteiger partial charge on any atom is -0.493 e. The van der Waals surface area contributed by atoms with E-state index in [2.05, 4.69) is 4.72 Å². The van der Waals surface area contributed by atoms with Crippen LogP contribution in [0.15, 0.2) is 30.3 Å². The van der Waals surface area contributed by atoms with Gasteiger partial charge in [-0.05, 0) is 25.0 Å². The van der Waals surface area contributed by atoms with Crippen LogP contribution in [0, 0.1) is 0 Å². The fourth-order valence-corrected chi connectivity index (χ4v) is 3.36. The number of ether oxygens (including phenoxy) is 1. The largest absolute Gasteiger partial charge is 0.493 e. The summed E-state index contributed by atoms with van der Waals surface area (Å²) in [6.07, 6.45) is 1.57. The van der Waals surface area contributed by atoms with Gasteiger partial charge in [0.15, 0.2) is 0 Å². The number of hydrogen-bond acceptors (Lipinski definition) is 4. The predicted molar refractivity (Wildman–Crippen MR) is 91.9 cm³/mol. The van der Waals surface area contributed by atoms with Gasteiger partial charge in [-0.1, -0.05) is 18.2 Å². The summed E-state index contributed by atoms with van der Waals surface area (Å²) < 4.78 is 33.0. The lowest BCUT2D eigenvalue weighted by Crippen LogP contribution is -2.49. The molecule has 0 atom stereocenters. The molecular formula is C16H25N3O4S. The molecule has 1 aromatic rings. The Kier molecular flexibility index (Phi) is 6.59. The topological polar surface area (TPSA) is 79.0 Å². The Bertz CT molecular complexity index is 626. The number of likely N-dealkylation sites (tertiary alicyclic amines) is 1. The summed E-state index contributed by atoms with van der Waals surface area (Å²) in [6.45, 7) is 1.46. The Morgan fingerprint density at radius 1 is 1.25 bits per heavy atom. The highest BCUT2D eigenvalue weighted by Gasteiger charge is 2.26. The number of nitrogens with zero attached hydrogens (tertiary/aromatic N) is 2. The predicted octanol–water partition coefficient (Wildman–Crippen LogP) is 0.843. The fraction of sp³-hybridized carbons (Fsp3) is 0.562. The molecule has 0 spiro atoms. The van der Waals surface area contributed by atoms with Crippen LogP contribution in [-0.2, 0) is 15.0 Å². The van der Waals surface area contributed by atoms with Crippen LogP contribution in [0.2, 0.25) is 0 Å². The summed E-state index contributed by atoms with van der Waals surface area (Å²) in [5, 5.41) is 0. The molecule has 24 heavy (non-hydrogen) atoms. The molecule has 1 saturated heterocycles. The molecular weight excluding hydrogens is 330 g/mol. The maximum atomic E-state index is 12.2. The van der Waals surface area contributed by atoms with Crippen LogP contribution in [-0.4, -0.2) is 63.4 Å². The minimum absolute atomic E-state index is 0.0415. The SMILES string of the molecule is CN(C)S(=O)(=O)NC1CCN(C(=O)CCOc2ccccc2)CC1. The summed E-state index contributed by atoms with van der Waals surface area (Å²) >= 11 is 0. The van der Waals surface area contributed by atoms with E-state index >= 15 is 0 Å². The Morgan fingerprint density at radius 3 is 2.46 bits per heavy atom. The van der Waals surface area contributed by atoms with E-state index in [9.17, 15) is 13.2 Å². The van der Waals surface area contributed by atoms with Crippen LogP contribution < -0.4 is 9.46 Å². The molecule has 1 aliphatic rings. The van der Waals surface area contributed by atoms with Crippen LogP contribution in [0.1, 0.15) is 19.3 Å². The zero-order valence-electron chi connectivity index (χ0n) is 14.1. The fourth-order valence-electron chi connectivity index (χ4n) is 2.49. The van der Waals surface area contributed by atoms with Gasteiger partial charge in [0.2, 0.25) is 5.91 Å². The van der Waals surface area contributed by atoms with Gasteiger partial charge in [-0.25, -0.2) is 0 Å². The number of amides is 1. The first-order chi connectivity index (χ1) is 11.4. The van der Waals surface area contributed by atoms with Crippen LogP contribution in [0.25, 0.3) is 0 Å². The molecule has 1 N–H and O–H groups in total. The molecule has 2 rings (SSSR count). The molecule has 0 unspecified atom stereocenters. The summed E-state index contributed by atoms with van der Waals surface area (Å²) in [5.41, 5.74) is 0. The van der Waals surface area contributed by atoms with Crippen molar-refractivity contribution in [3.63, 3.8) is 0 Å². The van der Waals surface area contributed by atoms with Gasteiger partial charge in [0.25, 0.3) is 10.2 Å².